The largest absolute Gasteiger partial charge is 0.424 e. The minimum Gasteiger partial charge on any atom is -0.424 e. The van der Waals surface area contributed by atoms with Crippen LogP contribution in [0.3, 0.4) is 0 Å². The van der Waals surface area contributed by atoms with Crippen LogP contribution in [-0.2, 0) is 9.59 Å². The molecule has 1 aromatic carbocycles. The molecular weight excluding hydrogens is 422 g/mol. The minimum absolute atomic E-state index is 0.00304. The lowest BCUT2D eigenvalue weighted by Crippen LogP contribution is -2.19. The van der Waals surface area contributed by atoms with E-state index >= 15 is 0 Å². The first-order valence-corrected chi connectivity index (χ1v) is 12.1. The van der Waals surface area contributed by atoms with Crippen LogP contribution < -0.4 is 10.5 Å². The molecule has 4 heteroatoms. The number of para-hydroxylation sites is 2. The molecule has 0 aromatic heterocycles. The molecule has 182 valence electrons. The molecule has 0 unspecified atom stereocenters. The van der Waals surface area contributed by atoms with E-state index in [1.807, 2.05) is 19.1 Å². The molecular formula is C30H39NO3. The highest BCUT2D eigenvalue weighted by Crippen LogP contribution is 2.40. The number of esters is 1. The molecule has 2 N–H and O–H groups in total. The summed E-state index contributed by atoms with van der Waals surface area (Å²) in [4.78, 5) is 24.2. The van der Waals surface area contributed by atoms with Crippen molar-refractivity contribution in [3.8, 4) is 5.75 Å². The number of benzene rings is 1. The van der Waals surface area contributed by atoms with Crippen LogP contribution in [0.4, 0.5) is 5.69 Å². The Bertz CT molecular complexity index is 1030. The quantitative estimate of drug-likeness (QED) is 0.129. The summed E-state index contributed by atoms with van der Waals surface area (Å²) in [5.41, 5.74) is 11.4. The third-order valence-electron chi connectivity index (χ3n) is 6.11. The Hall–Kier alpha value is -3.14. The van der Waals surface area contributed by atoms with Gasteiger partial charge in [0.15, 0.2) is 11.5 Å². The standard InChI is InChI=1S/C30H39NO3/c1-22(18-19-26-24(3)13-10-20-30(26,4)5)11-8-12-23(2)21-25(32)14-9-17-29(33)34-28-16-7-6-15-27(28)31/h6-8,11-12,15-16,18-19,21H,9-10,13-14,17,20,31H2,1-5H3/b12-8+,19-18+,22-11+,23-21+. The highest BCUT2D eigenvalue weighted by Gasteiger charge is 2.26. The molecule has 4 nitrogen and oxygen atoms in total. The topological polar surface area (TPSA) is 69.4 Å². The number of ether oxygens (including phenoxy) is 1. The van der Waals surface area contributed by atoms with Crippen LogP contribution in [0.25, 0.3) is 0 Å². The number of carbonyl (C=O) groups excluding carboxylic acids is 2. The van der Waals surface area contributed by atoms with Gasteiger partial charge in [-0.3, -0.25) is 9.59 Å². The molecule has 0 amide bonds. The molecule has 2 rings (SSSR count). The fourth-order valence-corrected chi connectivity index (χ4v) is 4.16. The Morgan fingerprint density at radius 3 is 2.53 bits per heavy atom. The first-order chi connectivity index (χ1) is 16.1. The highest BCUT2D eigenvalue weighted by atomic mass is 16.5. The van der Waals surface area contributed by atoms with E-state index in [2.05, 4.69) is 45.9 Å². The molecule has 34 heavy (non-hydrogen) atoms. The third-order valence-corrected chi connectivity index (χ3v) is 6.11. The zero-order valence-electron chi connectivity index (χ0n) is 21.3. The Morgan fingerprint density at radius 2 is 1.82 bits per heavy atom. The Kier molecular flexibility index (Phi) is 10.3. The number of anilines is 1. The average molecular weight is 462 g/mol. The number of hydrogen-bond donors (Lipinski definition) is 1. The molecule has 0 radical (unpaired) electrons. The number of hydrogen-bond acceptors (Lipinski definition) is 4. The van der Waals surface area contributed by atoms with Crippen LogP contribution in [0.15, 0.2) is 83.0 Å². The van der Waals surface area contributed by atoms with Gasteiger partial charge in [-0.2, -0.15) is 0 Å². The summed E-state index contributed by atoms with van der Waals surface area (Å²) in [5.74, 6) is -0.0357. The predicted octanol–water partition coefficient (Wildman–Crippen LogP) is 7.45. The first-order valence-electron chi connectivity index (χ1n) is 12.1. The zero-order valence-corrected chi connectivity index (χ0v) is 21.3. The SMILES string of the molecule is CC1=C(/C=C/C(C)=C/C=C/C(C)=C/C(=O)CCCC(=O)Oc2ccccc2N)C(C)(C)CCC1. The van der Waals surface area contributed by atoms with Crippen molar-refractivity contribution in [1.29, 1.82) is 0 Å². The zero-order chi connectivity index (χ0) is 25.1. The summed E-state index contributed by atoms with van der Waals surface area (Å²) < 4.78 is 5.24. The summed E-state index contributed by atoms with van der Waals surface area (Å²) in [6.45, 7) is 10.9. The number of rotatable bonds is 10. The fraction of sp³-hybridized carbons (Fsp3) is 0.400. The third kappa shape index (κ3) is 9.01. The molecule has 1 aromatic rings. The lowest BCUT2D eigenvalue weighted by molar-refractivity contribution is -0.134. The smallest absolute Gasteiger partial charge is 0.311 e. The number of nitrogen functional groups attached to an aromatic ring is 1. The van der Waals surface area contributed by atoms with Crippen LogP contribution in [0, 0.1) is 5.41 Å². The molecule has 1 aliphatic carbocycles. The predicted molar refractivity (Wildman–Crippen MR) is 141 cm³/mol. The maximum absolute atomic E-state index is 12.2. The first kappa shape index (κ1) is 27.1. The molecule has 0 atom stereocenters. The molecule has 0 aliphatic heterocycles. The van der Waals surface area contributed by atoms with Gasteiger partial charge in [0, 0.05) is 12.8 Å². The van der Waals surface area contributed by atoms with Crippen LogP contribution in [0.1, 0.15) is 73.1 Å². The highest BCUT2D eigenvalue weighted by molar-refractivity contribution is 5.90. The van der Waals surface area contributed by atoms with Crippen LogP contribution in [0.2, 0.25) is 0 Å². The van der Waals surface area contributed by atoms with Gasteiger partial charge in [0.25, 0.3) is 0 Å². The number of allylic oxidation sites excluding steroid dienone is 10. The van der Waals surface area contributed by atoms with Gasteiger partial charge in [-0.25, -0.2) is 0 Å². The van der Waals surface area contributed by atoms with Gasteiger partial charge in [0.05, 0.1) is 5.69 Å². The summed E-state index contributed by atoms with van der Waals surface area (Å²) in [6, 6.07) is 6.86. The summed E-state index contributed by atoms with van der Waals surface area (Å²) in [5, 5.41) is 0. The van der Waals surface area contributed by atoms with Gasteiger partial charge >= 0.3 is 5.97 Å². The van der Waals surface area contributed by atoms with E-state index in [9.17, 15) is 9.59 Å². The molecule has 0 saturated carbocycles. The van der Waals surface area contributed by atoms with Gasteiger partial charge in [-0.1, -0.05) is 67.5 Å². The van der Waals surface area contributed by atoms with Crippen LogP contribution in [0.5, 0.6) is 5.75 Å². The van der Waals surface area contributed by atoms with Gasteiger partial charge in [0.2, 0.25) is 0 Å². The fourth-order valence-electron chi connectivity index (χ4n) is 4.16. The molecule has 0 spiro atoms. The summed E-state index contributed by atoms with van der Waals surface area (Å²) in [7, 11) is 0. The van der Waals surface area contributed by atoms with E-state index < -0.39 is 0 Å². The monoisotopic (exact) mass is 461 g/mol. The van der Waals surface area contributed by atoms with E-state index in [1.54, 1.807) is 30.3 Å². The van der Waals surface area contributed by atoms with E-state index in [1.165, 1.54) is 30.4 Å². The van der Waals surface area contributed by atoms with Crippen molar-refractivity contribution < 1.29 is 14.3 Å². The average Bonchev–Trinajstić information content (AvgIpc) is 2.74. The molecule has 0 fully saturated rings. The lowest BCUT2D eigenvalue weighted by Gasteiger charge is -2.32. The van der Waals surface area contributed by atoms with Gasteiger partial charge in [-0.15, -0.1) is 0 Å². The van der Waals surface area contributed by atoms with E-state index in [4.69, 9.17) is 10.5 Å². The second-order valence-corrected chi connectivity index (χ2v) is 9.75. The van der Waals surface area contributed by atoms with Gasteiger partial charge < -0.3 is 10.5 Å². The van der Waals surface area contributed by atoms with Crippen molar-refractivity contribution in [2.24, 2.45) is 5.41 Å². The van der Waals surface area contributed by atoms with Crippen LogP contribution in [-0.4, -0.2) is 11.8 Å². The normalized spacial score (nSPS) is 17.0. The summed E-state index contributed by atoms with van der Waals surface area (Å²) >= 11 is 0. The second kappa shape index (κ2) is 12.9. The summed E-state index contributed by atoms with van der Waals surface area (Å²) in [6.07, 6.45) is 16.6. The lowest BCUT2D eigenvalue weighted by atomic mass is 9.72. The number of ketones is 1. The maximum atomic E-state index is 12.2. The molecule has 0 saturated heterocycles. The minimum atomic E-state index is -0.387. The van der Waals surface area contributed by atoms with Crippen molar-refractivity contribution in [3.63, 3.8) is 0 Å². The van der Waals surface area contributed by atoms with Gasteiger partial charge in [0.1, 0.15) is 0 Å². The Balaban J connectivity index is 1.80. The van der Waals surface area contributed by atoms with Crippen molar-refractivity contribution in [2.45, 2.75) is 73.1 Å². The van der Waals surface area contributed by atoms with Crippen LogP contribution >= 0.6 is 0 Å². The Morgan fingerprint density at radius 1 is 1.09 bits per heavy atom. The molecule has 1 aliphatic rings. The second-order valence-electron chi connectivity index (χ2n) is 9.75. The van der Waals surface area contributed by atoms with Gasteiger partial charge in [-0.05, 0) is 81.2 Å². The van der Waals surface area contributed by atoms with E-state index in [0.29, 0.717) is 24.3 Å². The van der Waals surface area contributed by atoms with Crippen molar-refractivity contribution >= 4 is 17.4 Å². The molecule has 0 heterocycles. The van der Waals surface area contributed by atoms with Crippen molar-refractivity contribution in [1.82, 2.24) is 0 Å². The maximum Gasteiger partial charge on any atom is 0.311 e. The number of nitrogens with two attached hydrogens (primary N) is 1. The van der Waals surface area contributed by atoms with Crippen molar-refractivity contribution in [2.75, 3.05) is 5.73 Å². The number of carbonyl (C=O) groups is 2. The molecule has 0 bridgehead atoms. The van der Waals surface area contributed by atoms with Crippen molar-refractivity contribution in [3.05, 3.63) is 83.0 Å². The van der Waals surface area contributed by atoms with E-state index in [-0.39, 0.29) is 23.6 Å². The Labute approximate surface area is 205 Å². The van der Waals surface area contributed by atoms with E-state index in [0.717, 1.165) is 11.1 Å².